The molecule has 1 saturated heterocycles. The summed E-state index contributed by atoms with van der Waals surface area (Å²) in [6, 6.07) is 0.620. The van der Waals surface area contributed by atoms with Crippen LogP contribution in [-0.2, 0) is 9.47 Å². The fraction of sp³-hybridized carbons (Fsp3) is 1.00. The van der Waals surface area contributed by atoms with Crippen molar-refractivity contribution < 1.29 is 9.47 Å². The van der Waals surface area contributed by atoms with E-state index in [2.05, 4.69) is 26.1 Å². The Balaban J connectivity index is 1.68. The lowest BCUT2D eigenvalue weighted by atomic mass is 9.64. The zero-order chi connectivity index (χ0) is 13.0. The van der Waals surface area contributed by atoms with E-state index in [4.69, 9.17) is 9.47 Å². The molecule has 3 unspecified atom stereocenters. The minimum atomic E-state index is 0.268. The first-order valence-corrected chi connectivity index (χ1v) is 7.61. The average molecular weight is 255 g/mol. The summed E-state index contributed by atoms with van der Waals surface area (Å²) in [6.07, 6.45) is 6.78. The van der Waals surface area contributed by atoms with Gasteiger partial charge in [0.2, 0.25) is 0 Å². The van der Waals surface area contributed by atoms with Crippen molar-refractivity contribution in [3.63, 3.8) is 0 Å². The Kier molecular flexibility index (Phi) is 5.05. The molecule has 0 aromatic rings. The van der Waals surface area contributed by atoms with Crippen LogP contribution in [0, 0.1) is 5.41 Å². The summed E-state index contributed by atoms with van der Waals surface area (Å²) >= 11 is 0. The van der Waals surface area contributed by atoms with Gasteiger partial charge in [0.25, 0.3) is 0 Å². The molecule has 0 aromatic heterocycles. The van der Waals surface area contributed by atoms with Crippen LogP contribution in [0.2, 0.25) is 0 Å². The fourth-order valence-corrected chi connectivity index (χ4v) is 3.00. The molecule has 106 valence electrons. The molecule has 1 N–H and O–H groups in total. The van der Waals surface area contributed by atoms with Crippen LogP contribution < -0.4 is 5.32 Å². The van der Waals surface area contributed by atoms with Gasteiger partial charge in [0.1, 0.15) is 0 Å². The van der Waals surface area contributed by atoms with Crippen molar-refractivity contribution >= 4 is 0 Å². The lowest BCUT2D eigenvalue weighted by Crippen LogP contribution is -2.61. The summed E-state index contributed by atoms with van der Waals surface area (Å²) in [7, 11) is 0. The first-order chi connectivity index (χ1) is 8.64. The van der Waals surface area contributed by atoms with Crippen molar-refractivity contribution in [2.24, 2.45) is 5.41 Å². The van der Waals surface area contributed by atoms with Crippen molar-refractivity contribution in [2.75, 3.05) is 19.8 Å². The van der Waals surface area contributed by atoms with Crippen molar-refractivity contribution in [3.8, 4) is 0 Å². The second-order valence-corrected chi connectivity index (χ2v) is 6.37. The normalized spacial score (nSPS) is 35.2. The molecule has 0 radical (unpaired) electrons. The summed E-state index contributed by atoms with van der Waals surface area (Å²) in [5.74, 6) is 0. The lowest BCUT2D eigenvalue weighted by molar-refractivity contribution is -0.146. The Labute approximate surface area is 112 Å². The van der Waals surface area contributed by atoms with Crippen molar-refractivity contribution in [1.82, 2.24) is 5.32 Å². The van der Waals surface area contributed by atoms with Gasteiger partial charge in [-0.1, -0.05) is 20.8 Å². The highest BCUT2D eigenvalue weighted by atomic mass is 16.5. The van der Waals surface area contributed by atoms with E-state index in [-0.39, 0.29) is 5.41 Å². The van der Waals surface area contributed by atoms with Crippen LogP contribution in [0.15, 0.2) is 0 Å². The molecule has 1 aliphatic heterocycles. The van der Waals surface area contributed by atoms with Crippen LogP contribution in [0.25, 0.3) is 0 Å². The van der Waals surface area contributed by atoms with Crippen LogP contribution >= 0.6 is 0 Å². The zero-order valence-corrected chi connectivity index (χ0v) is 12.2. The smallest absolute Gasteiger partial charge is 0.0808 e. The lowest BCUT2D eigenvalue weighted by Gasteiger charge is -2.52. The molecule has 1 aliphatic carbocycles. The highest BCUT2D eigenvalue weighted by Crippen LogP contribution is 2.42. The molecule has 3 nitrogen and oxygen atoms in total. The maximum absolute atomic E-state index is 6.08. The van der Waals surface area contributed by atoms with Crippen LogP contribution in [0.5, 0.6) is 0 Å². The van der Waals surface area contributed by atoms with Gasteiger partial charge in [0, 0.05) is 18.1 Å². The van der Waals surface area contributed by atoms with Crippen molar-refractivity contribution in [3.05, 3.63) is 0 Å². The van der Waals surface area contributed by atoms with E-state index in [0.29, 0.717) is 18.2 Å². The standard InChI is InChI=1S/C15H29NO2/c1-4-8-16-13-10-14(15(13,2)3)18-11-12-7-5-6-9-17-12/h12-14,16H,4-11H2,1-3H3. The largest absolute Gasteiger partial charge is 0.376 e. The Hall–Kier alpha value is -0.120. The molecule has 2 aliphatic rings. The summed E-state index contributed by atoms with van der Waals surface area (Å²) < 4.78 is 11.8. The molecule has 18 heavy (non-hydrogen) atoms. The molecule has 0 aromatic carbocycles. The van der Waals surface area contributed by atoms with Gasteiger partial charge in [-0.05, 0) is 38.6 Å². The van der Waals surface area contributed by atoms with E-state index in [9.17, 15) is 0 Å². The molecule has 1 saturated carbocycles. The summed E-state index contributed by atoms with van der Waals surface area (Å²) in [5.41, 5.74) is 0.268. The van der Waals surface area contributed by atoms with Gasteiger partial charge in [-0.25, -0.2) is 0 Å². The van der Waals surface area contributed by atoms with Crippen molar-refractivity contribution in [2.45, 2.75) is 71.1 Å². The quantitative estimate of drug-likeness (QED) is 0.791. The highest BCUT2D eigenvalue weighted by Gasteiger charge is 2.48. The predicted octanol–water partition coefficient (Wildman–Crippen LogP) is 2.74. The third-order valence-electron chi connectivity index (χ3n) is 4.58. The Morgan fingerprint density at radius 1 is 1.33 bits per heavy atom. The second kappa shape index (κ2) is 6.36. The summed E-state index contributed by atoms with van der Waals surface area (Å²) in [4.78, 5) is 0. The molecule has 2 fully saturated rings. The van der Waals surface area contributed by atoms with Crippen LogP contribution in [-0.4, -0.2) is 38.0 Å². The monoisotopic (exact) mass is 255 g/mol. The molecule has 0 spiro atoms. The topological polar surface area (TPSA) is 30.5 Å². The summed E-state index contributed by atoms with van der Waals surface area (Å²) in [6.45, 7) is 9.67. The average Bonchev–Trinajstić information content (AvgIpc) is 2.38. The minimum absolute atomic E-state index is 0.268. The maximum atomic E-state index is 6.08. The maximum Gasteiger partial charge on any atom is 0.0808 e. The molecular weight excluding hydrogens is 226 g/mol. The van der Waals surface area contributed by atoms with Gasteiger partial charge in [0.05, 0.1) is 18.8 Å². The first kappa shape index (κ1) is 14.3. The number of nitrogens with one attached hydrogen (secondary N) is 1. The predicted molar refractivity (Wildman–Crippen MR) is 73.8 cm³/mol. The third kappa shape index (κ3) is 3.25. The molecule has 0 bridgehead atoms. The van der Waals surface area contributed by atoms with E-state index < -0.39 is 0 Å². The molecule has 3 atom stereocenters. The molecular formula is C15H29NO2. The number of hydrogen-bond donors (Lipinski definition) is 1. The van der Waals surface area contributed by atoms with E-state index in [1.165, 1.54) is 25.7 Å². The second-order valence-electron chi connectivity index (χ2n) is 6.37. The molecule has 1 heterocycles. The number of hydrogen-bond acceptors (Lipinski definition) is 3. The highest BCUT2D eigenvalue weighted by molar-refractivity contribution is 5.02. The van der Waals surface area contributed by atoms with Gasteiger partial charge in [0.15, 0.2) is 0 Å². The molecule has 2 rings (SSSR count). The minimum Gasteiger partial charge on any atom is -0.376 e. The third-order valence-corrected chi connectivity index (χ3v) is 4.58. The van der Waals surface area contributed by atoms with Gasteiger partial charge >= 0.3 is 0 Å². The van der Waals surface area contributed by atoms with Crippen molar-refractivity contribution in [1.29, 1.82) is 0 Å². The van der Waals surface area contributed by atoms with Gasteiger partial charge in [-0.2, -0.15) is 0 Å². The van der Waals surface area contributed by atoms with Crippen LogP contribution in [0.3, 0.4) is 0 Å². The van der Waals surface area contributed by atoms with E-state index in [1.807, 2.05) is 0 Å². The number of ether oxygens (including phenoxy) is 2. The number of rotatable bonds is 6. The Morgan fingerprint density at radius 2 is 2.17 bits per heavy atom. The SMILES string of the molecule is CCCNC1CC(OCC2CCCCO2)C1(C)C. The fourth-order valence-electron chi connectivity index (χ4n) is 3.00. The van der Waals surface area contributed by atoms with E-state index in [1.54, 1.807) is 0 Å². The van der Waals surface area contributed by atoms with E-state index >= 15 is 0 Å². The Bertz CT molecular complexity index is 249. The molecule has 0 amide bonds. The van der Waals surface area contributed by atoms with Crippen LogP contribution in [0.4, 0.5) is 0 Å². The first-order valence-electron chi connectivity index (χ1n) is 7.61. The summed E-state index contributed by atoms with van der Waals surface area (Å²) in [5, 5.41) is 3.62. The van der Waals surface area contributed by atoms with Gasteiger partial charge < -0.3 is 14.8 Å². The zero-order valence-electron chi connectivity index (χ0n) is 12.2. The van der Waals surface area contributed by atoms with Gasteiger partial charge in [-0.15, -0.1) is 0 Å². The molecule has 3 heteroatoms. The van der Waals surface area contributed by atoms with E-state index in [0.717, 1.165) is 26.2 Å². The van der Waals surface area contributed by atoms with Crippen LogP contribution in [0.1, 0.15) is 52.9 Å². The van der Waals surface area contributed by atoms with Gasteiger partial charge in [-0.3, -0.25) is 0 Å². The Morgan fingerprint density at radius 3 is 2.78 bits per heavy atom.